The van der Waals surface area contributed by atoms with Crippen molar-refractivity contribution in [2.24, 2.45) is 13.0 Å². The summed E-state index contributed by atoms with van der Waals surface area (Å²) >= 11 is 0. The van der Waals surface area contributed by atoms with E-state index in [0.717, 1.165) is 19.5 Å². The molecule has 2 rings (SSSR count). The van der Waals surface area contributed by atoms with Crippen molar-refractivity contribution in [1.82, 2.24) is 20.0 Å². The van der Waals surface area contributed by atoms with Crippen molar-refractivity contribution in [3.05, 3.63) is 18.0 Å². The highest BCUT2D eigenvalue weighted by Crippen LogP contribution is 2.18. The molecule has 1 aliphatic rings. The summed E-state index contributed by atoms with van der Waals surface area (Å²) in [6.07, 6.45) is 2.81. The zero-order valence-electron chi connectivity index (χ0n) is 10.7. The lowest BCUT2D eigenvalue weighted by Crippen LogP contribution is -2.49. The Kier molecular flexibility index (Phi) is 3.47. The molecular formula is C12H20N4O. The lowest BCUT2D eigenvalue weighted by atomic mass is 9.94. The third-order valence-corrected chi connectivity index (χ3v) is 3.50. The number of carbonyl (C=O) groups is 1. The lowest BCUT2D eigenvalue weighted by Gasteiger charge is -2.36. The minimum Gasteiger partial charge on any atom is -0.337 e. The van der Waals surface area contributed by atoms with Crippen LogP contribution >= 0.6 is 0 Å². The van der Waals surface area contributed by atoms with Gasteiger partial charge in [0.25, 0.3) is 5.91 Å². The number of aromatic nitrogens is 2. The molecule has 94 valence electrons. The quantitative estimate of drug-likeness (QED) is 0.813. The van der Waals surface area contributed by atoms with Gasteiger partial charge in [-0.2, -0.15) is 5.10 Å². The van der Waals surface area contributed by atoms with Gasteiger partial charge >= 0.3 is 0 Å². The van der Waals surface area contributed by atoms with E-state index in [-0.39, 0.29) is 5.91 Å². The summed E-state index contributed by atoms with van der Waals surface area (Å²) in [5.41, 5.74) is 0.544. The molecule has 1 aromatic heterocycles. The molecule has 0 saturated carbocycles. The van der Waals surface area contributed by atoms with Crippen molar-refractivity contribution in [3.63, 3.8) is 0 Å². The van der Waals surface area contributed by atoms with Gasteiger partial charge in [-0.25, -0.2) is 0 Å². The Morgan fingerprint density at radius 2 is 2.35 bits per heavy atom. The van der Waals surface area contributed by atoms with Crippen LogP contribution in [-0.2, 0) is 7.05 Å². The minimum absolute atomic E-state index is 0.0482. The summed E-state index contributed by atoms with van der Waals surface area (Å²) in [7, 11) is 3.81. The number of nitrogens with zero attached hydrogens (tertiary/aromatic N) is 3. The van der Waals surface area contributed by atoms with Gasteiger partial charge < -0.3 is 10.2 Å². The van der Waals surface area contributed by atoms with E-state index < -0.39 is 0 Å². The summed E-state index contributed by atoms with van der Waals surface area (Å²) in [4.78, 5) is 14.1. The zero-order chi connectivity index (χ0) is 12.4. The van der Waals surface area contributed by atoms with Gasteiger partial charge in [0.15, 0.2) is 0 Å². The maximum Gasteiger partial charge on any atom is 0.274 e. The Labute approximate surface area is 102 Å². The van der Waals surface area contributed by atoms with E-state index in [1.807, 2.05) is 19.0 Å². The Morgan fingerprint density at radius 3 is 2.88 bits per heavy atom. The van der Waals surface area contributed by atoms with Gasteiger partial charge in [-0.1, -0.05) is 6.92 Å². The molecule has 1 amide bonds. The Bertz CT molecular complexity index is 401. The number of nitrogens with one attached hydrogen (secondary N) is 1. The number of hydrogen-bond donors (Lipinski definition) is 1. The predicted molar refractivity (Wildman–Crippen MR) is 65.7 cm³/mol. The van der Waals surface area contributed by atoms with Gasteiger partial charge in [-0.3, -0.25) is 9.48 Å². The van der Waals surface area contributed by atoms with Crippen LogP contribution in [0.4, 0.5) is 0 Å². The van der Waals surface area contributed by atoms with Crippen molar-refractivity contribution < 1.29 is 4.79 Å². The van der Waals surface area contributed by atoms with E-state index in [2.05, 4.69) is 17.3 Å². The van der Waals surface area contributed by atoms with Crippen molar-refractivity contribution >= 4 is 5.91 Å². The predicted octanol–water partition coefficient (Wildman–Crippen LogP) is 0.490. The molecule has 1 aliphatic heterocycles. The van der Waals surface area contributed by atoms with Gasteiger partial charge in [0.2, 0.25) is 0 Å². The highest BCUT2D eigenvalue weighted by molar-refractivity contribution is 5.92. The summed E-state index contributed by atoms with van der Waals surface area (Å²) < 4.78 is 1.66. The standard InChI is InChI=1S/C12H20N4O/c1-9-8-16(7-5-10(9)13-2)12(17)11-4-6-15(3)14-11/h4,6,9-10,13H,5,7-8H2,1-3H3. The fourth-order valence-corrected chi connectivity index (χ4v) is 2.45. The largest absolute Gasteiger partial charge is 0.337 e. The second-order valence-electron chi connectivity index (χ2n) is 4.79. The second-order valence-corrected chi connectivity index (χ2v) is 4.79. The second kappa shape index (κ2) is 4.87. The van der Waals surface area contributed by atoms with Crippen LogP contribution in [0.2, 0.25) is 0 Å². The van der Waals surface area contributed by atoms with E-state index in [9.17, 15) is 4.79 Å². The first-order chi connectivity index (χ1) is 8.11. The first kappa shape index (κ1) is 12.1. The van der Waals surface area contributed by atoms with Crippen LogP contribution in [0.15, 0.2) is 12.3 Å². The first-order valence-corrected chi connectivity index (χ1v) is 6.08. The van der Waals surface area contributed by atoms with Crippen LogP contribution < -0.4 is 5.32 Å². The molecule has 17 heavy (non-hydrogen) atoms. The van der Waals surface area contributed by atoms with Crippen LogP contribution in [0.25, 0.3) is 0 Å². The maximum absolute atomic E-state index is 12.2. The maximum atomic E-state index is 12.2. The molecule has 2 atom stereocenters. The van der Waals surface area contributed by atoms with E-state index in [0.29, 0.717) is 17.7 Å². The third kappa shape index (κ3) is 2.49. The van der Waals surface area contributed by atoms with Gasteiger partial charge in [-0.05, 0) is 25.5 Å². The average Bonchev–Trinajstić information content (AvgIpc) is 2.75. The number of likely N-dealkylation sites (tertiary alicyclic amines) is 1. The molecule has 0 aliphatic carbocycles. The van der Waals surface area contributed by atoms with Gasteiger partial charge in [0.05, 0.1) is 0 Å². The Morgan fingerprint density at radius 1 is 1.59 bits per heavy atom. The number of aryl methyl sites for hydroxylation is 1. The summed E-state index contributed by atoms with van der Waals surface area (Å²) in [6, 6.07) is 2.29. The van der Waals surface area contributed by atoms with Crippen LogP contribution in [-0.4, -0.2) is 46.8 Å². The molecule has 5 nitrogen and oxygen atoms in total. The van der Waals surface area contributed by atoms with E-state index >= 15 is 0 Å². The third-order valence-electron chi connectivity index (χ3n) is 3.50. The minimum atomic E-state index is 0.0482. The topological polar surface area (TPSA) is 50.2 Å². The molecule has 1 fully saturated rings. The number of carbonyl (C=O) groups excluding carboxylic acids is 1. The van der Waals surface area contributed by atoms with Gasteiger partial charge in [0, 0.05) is 32.4 Å². The van der Waals surface area contributed by atoms with Crippen LogP contribution in [0, 0.1) is 5.92 Å². The zero-order valence-corrected chi connectivity index (χ0v) is 10.7. The Balaban J connectivity index is 2.02. The molecule has 1 aromatic rings. The molecule has 1 N–H and O–H groups in total. The molecular weight excluding hydrogens is 216 g/mol. The van der Waals surface area contributed by atoms with Crippen molar-refractivity contribution in [2.45, 2.75) is 19.4 Å². The summed E-state index contributed by atoms with van der Waals surface area (Å²) in [6.45, 7) is 3.80. The normalized spacial score (nSPS) is 25.0. The average molecular weight is 236 g/mol. The van der Waals surface area contributed by atoms with Crippen LogP contribution in [0.1, 0.15) is 23.8 Å². The van der Waals surface area contributed by atoms with E-state index in [4.69, 9.17) is 0 Å². The number of rotatable bonds is 2. The summed E-state index contributed by atoms with van der Waals surface area (Å²) in [5.74, 6) is 0.536. The molecule has 0 spiro atoms. The monoisotopic (exact) mass is 236 g/mol. The highest BCUT2D eigenvalue weighted by Gasteiger charge is 2.28. The number of hydrogen-bond acceptors (Lipinski definition) is 3. The highest BCUT2D eigenvalue weighted by atomic mass is 16.2. The van der Waals surface area contributed by atoms with E-state index in [1.165, 1.54) is 0 Å². The molecule has 2 unspecified atom stereocenters. The molecule has 5 heteroatoms. The van der Waals surface area contributed by atoms with Crippen molar-refractivity contribution in [2.75, 3.05) is 20.1 Å². The molecule has 0 bridgehead atoms. The SMILES string of the molecule is CNC1CCN(C(=O)c2ccn(C)n2)CC1C. The smallest absolute Gasteiger partial charge is 0.274 e. The van der Waals surface area contributed by atoms with Crippen molar-refractivity contribution in [1.29, 1.82) is 0 Å². The van der Waals surface area contributed by atoms with Crippen LogP contribution in [0.3, 0.4) is 0 Å². The molecule has 0 aromatic carbocycles. The molecule has 2 heterocycles. The van der Waals surface area contributed by atoms with Gasteiger partial charge in [-0.15, -0.1) is 0 Å². The lowest BCUT2D eigenvalue weighted by molar-refractivity contribution is 0.0642. The number of piperidine rings is 1. The molecule has 0 radical (unpaired) electrons. The summed E-state index contributed by atoms with van der Waals surface area (Å²) in [5, 5.41) is 7.46. The van der Waals surface area contributed by atoms with E-state index in [1.54, 1.807) is 16.9 Å². The van der Waals surface area contributed by atoms with Crippen molar-refractivity contribution in [3.8, 4) is 0 Å². The fourth-order valence-electron chi connectivity index (χ4n) is 2.45. The fraction of sp³-hybridized carbons (Fsp3) is 0.667. The first-order valence-electron chi connectivity index (χ1n) is 6.08. The molecule has 1 saturated heterocycles. The van der Waals surface area contributed by atoms with Gasteiger partial charge in [0.1, 0.15) is 5.69 Å². The Hall–Kier alpha value is -1.36. The van der Waals surface area contributed by atoms with Crippen LogP contribution in [0.5, 0.6) is 0 Å². The number of amides is 1.